The summed E-state index contributed by atoms with van der Waals surface area (Å²) in [5.41, 5.74) is 2.78. The number of aromatic nitrogens is 2. The molecule has 0 saturated heterocycles. The molecule has 1 aromatic heterocycles. The van der Waals surface area contributed by atoms with E-state index in [4.69, 9.17) is 4.74 Å². The molecule has 0 aliphatic rings. The first kappa shape index (κ1) is 23.8. The predicted molar refractivity (Wildman–Crippen MR) is 138 cm³/mol. The lowest BCUT2D eigenvalue weighted by Gasteiger charge is -2.08. The van der Waals surface area contributed by atoms with Crippen LogP contribution < -0.4 is 15.4 Å². The second-order valence-corrected chi connectivity index (χ2v) is 8.59. The summed E-state index contributed by atoms with van der Waals surface area (Å²) in [5, 5.41) is 15.1. The highest BCUT2D eigenvalue weighted by Crippen LogP contribution is 2.22. The van der Waals surface area contributed by atoms with Crippen LogP contribution in [0.3, 0.4) is 0 Å². The minimum atomic E-state index is -0.269. The lowest BCUT2D eigenvalue weighted by Crippen LogP contribution is -2.25. The van der Waals surface area contributed by atoms with Crippen LogP contribution in [0.1, 0.15) is 26.5 Å². The minimum absolute atomic E-state index is 0.194. The van der Waals surface area contributed by atoms with Gasteiger partial charge in [-0.3, -0.25) is 14.9 Å². The highest BCUT2D eigenvalue weighted by Gasteiger charge is 2.15. The summed E-state index contributed by atoms with van der Waals surface area (Å²) in [6, 6.07) is 26.1. The number of ether oxygens (including phenoxy) is 1. The molecule has 0 aliphatic carbocycles. The number of carbonyl (C=O) groups is 2. The number of carbonyl (C=O) groups excluding carboxylic acids is 2. The van der Waals surface area contributed by atoms with E-state index in [0.29, 0.717) is 40.0 Å². The third kappa shape index (κ3) is 6.61. The molecule has 0 atom stereocenters. The Hall–Kier alpha value is -4.30. The Morgan fingerprint density at radius 3 is 2.37 bits per heavy atom. The number of amides is 2. The summed E-state index contributed by atoms with van der Waals surface area (Å²) < 4.78 is 5.16. The van der Waals surface area contributed by atoms with Gasteiger partial charge in [-0.15, -0.1) is 10.2 Å². The number of hydrogen-bond donors (Lipinski definition) is 2. The van der Waals surface area contributed by atoms with Gasteiger partial charge in [0.2, 0.25) is 5.13 Å². The molecule has 35 heavy (non-hydrogen) atoms. The van der Waals surface area contributed by atoms with Crippen LogP contribution in [-0.4, -0.2) is 35.7 Å². The highest BCUT2D eigenvalue weighted by atomic mass is 32.1. The van der Waals surface area contributed by atoms with Crippen LogP contribution in [0, 0.1) is 0 Å². The first-order chi connectivity index (χ1) is 17.1. The van der Waals surface area contributed by atoms with Crippen molar-refractivity contribution in [3.05, 3.63) is 107 Å². The molecule has 2 N–H and O–H groups in total. The van der Waals surface area contributed by atoms with Crippen molar-refractivity contribution in [1.29, 1.82) is 0 Å². The molecule has 0 aliphatic heterocycles. The van der Waals surface area contributed by atoms with Crippen LogP contribution in [0.25, 0.3) is 11.6 Å². The fourth-order valence-corrected chi connectivity index (χ4v) is 4.07. The zero-order valence-corrected chi connectivity index (χ0v) is 19.9. The Bertz CT molecular complexity index is 1320. The highest BCUT2D eigenvalue weighted by molar-refractivity contribution is 7.15. The second kappa shape index (κ2) is 11.7. The number of benzene rings is 3. The van der Waals surface area contributed by atoms with Crippen LogP contribution in [0.15, 0.2) is 84.9 Å². The van der Waals surface area contributed by atoms with Gasteiger partial charge >= 0.3 is 0 Å². The van der Waals surface area contributed by atoms with Crippen molar-refractivity contribution in [3.8, 4) is 5.75 Å². The van der Waals surface area contributed by atoms with Gasteiger partial charge in [0, 0.05) is 24.1 Å². The first-order valence-corrected chi connectivity index (χ1v) is 11.8. The molecule has 1 heterocycles. The van der Waals surface area contributed by atoms with Crippen LogP contribution >= 0.6 is 11.3 Å². The molecule has 176 valence electrons. The number of rotatable bonds is 9. The molecule has 4 rings (SSSR count). The van der Waals surface area contributed by atoms with E-state index in [2.05, 4.69) is 20.8 Å². The van der Waals surface area contributed by atoms with Crippen molar-refractivity contribution >= 4 is 39.9 Å². The molecule has 0 unspecified atom stereocenters. The monoisotopic (exact) mass is 484 g/mol. The van der Waals surface area contributed by atoms with Crippen molar-refractivity contribution in [3.63, 3.8) is 0 Å². The number of nitrogens with zero attached hydrogens (tertiary/aromatic N) is 2. The smallest absolute Gasteiger partial charge is 0.258 e. The molecule has 0 bridgehead atoms. The molecular formula is C27H24N4O3S. The average molecular weight is 485 g/mol. The van der Waals surface area contributed by atoms with Gasteiger partial charge in [0.05, 0.1) is 7.11 Å². The second-order valence-electron chi connectivity index (χ2n) is 7.53. The van der Waals surface area contributed by atoms with Gasteiger partial charge < -0.3 is 10.1 Å². The van der Waals surface area contributed by atoms with E-state index in [1.54, 1.807) is 31.4 Å². The number of hydrogen-bond acceptors (Lipinski definition) is 6. The molecule has 3 aromatic carbocycles. The largest absolute Gasteiger partial charge is 0.497 e. The van der Waals surface area contributed by atoms with Crippen molar-refractivity contribution in [1.82, 2.24) is 15.5 Å². The van der Waals surface area contributed by atoms with Gasteiger partial charge in [0.15, 0.2) is 0 Å². The van der Waals surface area contributed by atoms with Crippen molar-refractivity contribution in [2.45, 2.75) is 6.42 Å². The predicted octanol–water partition coefficient (Wildman–Crippen LogP) is 4.70. The Morgan fingerprint density at radius 2 is 1.63 bits per heavy atom. The van der Waals surface area contributed by atoms with E-state index < -0.39 is 0 Å². The normalized spacial score (nSPS) is 11.1. The Morgan fingerprint density at radius 1 is 0.914 bits per heavy atom. The number of methoxy groups -OCH3 is 1. The van der Waals surface area contributed by atoms with Crippen LogP contribution in [0.2, 0.25) is 0 Å². The maximum Gasteiger partial charge on any atom is 0.258 e. The first-order valence-electron chi connectivity index (χ1n) is 11.0. The van der Waals surface area contributed by atoms with Crippen molar-refractivity contribution in [2.75, 3.05) is 19.0 Å². The van der Waals surface area contributed by atoms with Crippen LogP contribution in [-0.2, 0) is 11.2 Å². The summed E-state index contributed by atoms with van der Waals surface area (Å²) in [4.78, 5) is 25.5. The summed E-state index contributed by atoms with van der Waals surface area (Å²) in [6.45, 7) is 0.391. The molecule has 0 radical (unpaired) electrons. The van der Waals surface area contributed by atoms with Gasteiger partial charge in [0.1, 0.15) is 10.8 Å². The molecule has 0 spiro atoms. The lowest BCUT2D eigenvalue weighted by atomic mass is 10.0. The van der Waals surface area contributed by atoms with E-state index in [9.17, 15) is 9.59 Å². The summed E-state index contributed by atoms with van der Waals surface area (Å²) in [6.07, 6.45) is 2.34. The standard InChI is InChI=1S/C27H24N4O3S/c1-34-22-14-8-13-21(18-22)25(32)28-16-15-24-30-31-27(35-24)29-26(33)23(20-11-6-3-7-12-20)17-19-9-4-2-5-10-19/h2-14,17-18H,15-16H2,1H3,(H,28,32)(H,29,31,33)/b23-17+. The molecule has 8 heteroatoms. The Balaban J connectivity index is 1.38. The lowest BCUT2D eigenvalue weighted by molar-refractivity contribution is -0.111. The van der Waals surface area contributed by atoms with E-state index >= 15 is 0 Å². The fourth-order valence-electron chi connectivity index (χ4n) is 3.33. The molecule has 2 amide bonds. The topological polar surface area (TPSA) is 93.2 Å². The van der Waals surface area contributed by atoms with E-state index in [0.717, 1.165) is 11.1 Å². The van der Waals surface area contributed by atoms with E-state index in [-0.39, 0.29) is 11.8 Å². The maximum absolute atomic E-state index is 13.1. The van der Waals surface area contributed by atoms with Gasteiger partial charge in [-0.2, -0.15) is 0 Å². The van der Waals surface area contributed by atoms with E-state index in [1.807, 2.05) is 66.7 Å². The Labute approximate surface area is 207 Å². The van der Waals surface area contributed by atoms with Crippen LogP contribution in [0.5, 0.6) is 5.75 Å². The number of anilines is 1. The summed E-state index contributed by atoms with van der Waals surface area (Å²) in [5.74, 6) is 0.160. The third-order valence-electron chi connectivity index (χ3n) is 5.08. The van der Waals surface area contributed by atoms with Crippen LogP contribution in [0.4, 0.5) is 5.13 Å². The van der Waals surface area contributed by atoms with E-state index in [1.165, 1.54) is 11.3 Å². The van der Waals surface area contributed by atoms with Gasteiger partial charge in [0.25, 0.3) is 11.8 Å². The Kier molecular flexibility index (Phi) is 7.98. The van der Waals surface area contributed by atoms with Gasteiger partial charge in [-0.1, -0.05) is 78.1 Å². The van der Waals surface area contributed by atoms with Gasteiger partial charge in [-0.25, -0.2) is 0 Å². The van der Waals surface area contributed by atoms with Crippen molar-refractivity contribution < 1.29 is 14.3 Å². The molecule has 4 aromatic rings. The SMILES string of the molecule is COc1cccc(C(=O)NCCc2nnc(NC(=O)/C(=C/c3ccccc3)c3ccccc3)s2)c1. The maximum atomic E-state index is 13.1. The zero-order valence-electron chi connectivity index (χ0n) is 19.1. The molecule has 0 saturated carbocycles. The average Bonchev–Trinajstić information content (AvgIpc) is 3.35. The molecule has 7 nitrogen and oxygen atoms in total. The molecular weight excluding hydrogens is 460 g/mol. The molecule has 0 fully saturated rings. The van der Waals surface area contributed by atoms with Gasteiger partial charge in [-0.05, 0) is 35.4 Å². The fraction of sp³-hybridized carbons (Fsp3) is 0.111. The summed E-state index contributed by atoms with van der Waals surface area (Å²) in [7, 11) is 1.56. The summed E-state index contributed by atoms with van der Waals surface area (Å²) >= 11 is 1.28. The third-order valence-corrected chi connectivity index (χ3v) is 5.98. The zero-order chi connectivity index (χ0) is 24.5. The van der Waals surface area contributed by atoms with Crippen molar-refractivity contribution in [2.24, 2.45) is 0 Å². The quantitative estimate of drug-likeness (QED) is 0.265. The minimum Gasteiger partial charge on any atom is -0.497 e. The number of nitrogens with one attached hydrogen (secondary N) is 2.